The predicted molar refractivity (Wildman–Crippen MR) is 77.8 cm³/mol. The molecule has 98 valence electrons. The third-order valence-corrected chi connectivity index (χ3v) is 4.05. The van der Waals surface area contributed by atoms with Gasteiger partial charge in [-0.2, -0.15) is 0 Å². The van der Waals surface area contributed by atoms with Gasteiger partial charge in [0, 0.05) is 28.6 Å². The first kappa shape index (κ1) is 13.5. The molecular formula is C12H15IN2O3. The average Bonchev–Trinajstić information content (AvgIpc) is 2.78. The van der Waals surface area contributed by atoms with Gasteiger partial charge in [-0.05, 0) is 48.1 Å². The zero-order chi connectivity index (χ0) is 13.3. The Morgan fingerprint density at radius 1 is 1.61 bits per heavy atom. The SMILES string of the molecule is CC(O)C1CCN(c2ccc(I)cc2[N+](=O)[O-])C1. The van der Waals surface area contributed by atoms with E-state index in [1.165, 1.54) is 0 Å². The fourth-order valence-corrected chi connectivity index (χ4v) is 2.78. The summed E-state index contributed by atoms with van der Waals surface area (Å²) in [5.74, 6) is 0.198. The van der Waals surface area contributed by atoms with Crippen LogP contribution in [-0.2, 0) is 0 Å². The number of rotatable bonds is 3. The van der Waals surface area contributed by atoms with Crippen molar-refractivity contribution in [3.8, 4) is 0 Å². The molecule has 2 unspecified atom stereocenters. The van der Waals surface area contributed by atoms with Crippen molar-refractivity contribution in [3.05, 3.63) is 31.9 Å². The Morgan fingerprint density at radius 2 is 2.33 bits per heavy atom. The summed E-state index contributed by atoms with van der Waals surface area (Å²) in [7, 11) is 0. The van der Waals surface area contributed by atoms with Crippen molar-refractivity contribution in [1.29, 1.82) is 0 Å². The van der Waals surface area contributed by atoms with Crippen LogP contribution in [0.3, 0.4) is 0 Å². The van der Waals surface area contributed by atoms with Crippen molar-refractivity contribution in [2.24, 2.45) is 5.92 Å². The zero-order valence-corrected chi connectivity index (χ0v) is 12.2. The normalized spacial score (nSPS) is 21.1. The zero-order valence-electron chi connectivity index (χ0n) is 10.0. The van der Waals surface area contributed by atoms with Crippen LogP contribution in [0.2, 0.25) is 0 Å². The topological polar surface area (TPSA) is 66.6 Å². The molecule has 0 aromatic heterocycles. The van der Waals surface area contributed by atoms with E-state index in [0.29, 0.717) is 12.2 Å². The molecule has 1 heterocycles. The van der Waals surface area contributed by atoms with Crippen molar-refractivity contribution in [2.75, 3.05) is 18.0 Å². The molecule has 2 rings (SSSR count). The van der Waals surface area contributed by atoms with Gasteiger partial charge in [0.1, 0.15) is 5.69 Å². The highest BCUT2D eigenvalue weighted by Gasteiger charge is 2.29. The summed E-state index contributed by atoms with van der Waals surface area (Å²) < 4.78 is 0.856. The first-order chi connectivity index (χ1) is 8.49. The number of hydrogen-bond donors (Lipinski definition) is 1. The minimum absolute atomic E-state index is 0.146. The maximum absolute atomic E-state index is 11.1. The second kappa shape index (κ2) is 5.40. The fraction of sp³-hybridized carbons (Fsp3) is 0.500. The quantitative estimate of drug-likeness (QED) is 0.510. The third kappa shape index (κ3) is 2.74. The van der Waals surface area contributed by atoms with Crippen LogP contribution < -0.4 is 4.90 Å². The van der Waals surface area contributed by atoms with Crippen LogP contribution in [-0.4, -0.2) is 29.2 Å². The monoisotopic (exact) mass is 362 g/mol. The average molecular weight is 362 g/mol. The summed E-state index contributed by atoms with van der Waals surface area (Å²) in [4.78, 5) is 12.7. The van der Waals surface area contributed by atoms with Crippen molar-refractivity contribution in [2.45, 2.75) is 19.4 Å². The second-order valence-electron chi connectivity index (χ2n) is 4.63. The highest BCUT2D eigenvalue weighted by molar-refractivity contribution is 14.1. The molecule has 1 aromatic carbocycles. The van der Waals surface area contributed by atoms with E-state index in [1.807, 2.05) is 11.0 Å². The van der Waals surface area contributed by atoms with Crippen molar-refractivity contribution in [1.82, 2.24) is 0 Å². The van der Waals surface area contributed by atoms with Crippen LogP contribution in [0.25, 0.3) is 0 Å². The van der Waals surface area contributed by atoms with E-state index in [4.69, 9.17) is 0 Å². The lowest BCUT2D eigenvalue weighted by Crippen LogP contribution is -2.24. The Morgan fingerprint density at radius 3 is 2.89 bits per heavy atom. The van der Waals surface area contributed by atoms with Gasteiger partial charge < -0.3 is 10.0 Å². The summed E-state index contributed by atoms with van der Waals surface area (Å²) in [6.45, 7) is 3.21. The number of anilines is 1. The van der Waals surface area contributed by atoms with E-state index in [9.17, 15) is 15.2 Å². The summed E-state index contributed by atoms with van der Waals surface area (Å²) in [5, 5.41) is 20.6. The van der Waals surface area contributed by atoms with Crippen LogP contribution in [0.5, 0.6) is 0 Å². The molecule has 1 fully saturated rings. The minimum atomic E-state index is -0.363. The molecule has 2 atom stereocenters. The van der Waals surface area contributed by atoms with Crippen molar-refractivity contribution >= 4 is 34.0 Å². The molecule has 1 aromatic rings. The first-order valence-corrected chi connectivity index (χ1v) is 6.94. The standard InChI is InChI=1S/C12H15IN2O3/c1-8(16)9-4-5-14(7-9)11-3-2-10(13)6-12(11)15(17)18/h2-3,6,8-9,16H,4-5,7H2,1H3. The smallest absolute Gasteiger partial charge is 0.293 e. The molecule has 0 saturated carbocycles. The third-order valence-electron chi connectivity index (χ3n) is 3.38. The fourth-order valence-electron chi connectivity index (χ4n) is 2.31. The molecule has 1 aliphatic rings. The van der Waals surface area contributed by atoms with Crippen LogP contribution in [0.1, 0.15) is 13.3 Å². The lowest BCUT2D eigenvalue weighted by atomic mass is 10.0. The van der Waals surface area contributed by atoms with Gasteiger partial charge in [-0.25, -0.2) is 0 Å². The molecule has 0 bridgehead atoms. The molecule has 0 amide bonds. The number of nitro benzene ring substituents is 1. The number of aliphatic hydroxyl groups is 1. The molecule has 6 heteroatoms. The predicted octanol–water partition coefficient (Wildman–Crippen LogP) is 2.41. The summed E-state index contributed by atoms with van der Waals surface area (Å²) >= 11 is 2.07. The summed E-state index contributed by atoms with van der Waals surface area (Å²) in [5.41, 5.74) is 0.803. The molecule has 0 aliphatic carbocycles. The molecule has 18 heavy (non-hydrogen) atoms. The van der Waals surface area contributed by atoms with Gasteiger partial charge in [0.25, 0.3) is 5.69 Å². The van der Waals surface area contributed by atoms with Gasteiger partial charge in [-0.3, -0.25) is 10.1 Å². The highest BCUT2D eigenvalue weighted by atomic mass is 127. The summed E-state index contributed by atoms with van der Waals surface area (Å²) in [6, 6.07) is 5.26. The van der Waals surface area contributed by atoms with Gasteiger partial charge in [0.15, 0.2) is 0 Å². The van der Waals surface area contributed by atoms with E-state index in [1.54, 1.807) is 19.1 Å². The molecule has 1 N–H and O–H groups in total. The van der Waals surface area contributed by atoms with Crippen LogP contribution >= 0.6 is 22.6 Å². The Hall–Kier alpha value is -0.890. The van der Waals surface area contributed by atoms with E-state index < -0.39 is 0 Å². The number of aliphatic hydroxyl groups excluding tert-OH is 1. The van der Waals surface area contributed by atoms with E-state index in [-0.39, 0.29) is 22.6 Å². The van der Waals surface area contributed by atoms with Crippen molar-refractivity contribution < 1.29 is 10.0 Å². The maximum Gasteiger partial charge on any atom is 0.293 e. The highest BCUT2D eigenvalue weighted by Crippen LogP contribution is 2.34. The second-order valence-corrected chi connectivity index (χ2v) is 5.87. The lowest BCUT2D eigenvalue weighted by molar-refractivity contribution is -0.384. The van der Waals surface area contributed by atoms with Gasteiger partial charge in [0.2, 0.25) is 0 Å². The minimum Gasteiger partial charge on any atom is -0.393 e. The molecule has 0 spiro atoms. The van der Waals surface area contributed by atoms with Gasteiger partial charge in [-0.15, -0.1) is 0 Å². The number of hydrogen-bond acceptors (Lipinski definition) is 4. The number of benzene rings is 1. The summed E-state index contributed by atoms with van der Waals surface area (Å²) in [6.07, 6.45) is 0.513. The first-order valence-electron chi connectivity index (χ1n) is 5.86. The Balaban J connectivity index is 2.27. The molecule has 5 nitrogen and oxygen atoms in total. The molecule has 1 saturated heterocycles. The van der Waals surface area contributed by atoms with E-state index >= 15 is 0 Å². The largest absolute Gasteiger partial charge is 0.393 e. The van der Waals surface area contributed by atoms with Crippen molar-refractivity contribution in [3.63, 3.8) is 0 Å². The Kier molecular flexibility index (Phi) is 4.06. The Labute approximate surface area is 119 Å². The lowest BCUT2D eigenvalue weighted by Gasteiger charge is -2.19. The number of halogens is 1. The van der Waals surface area contributed by atoms with Crippen LogP contribution in [0.4, 0.5) is 11.4 Å². The molecule has 1 aliphatic heterocycles. The van der Waals surface area contributed by atoms with Crippen LogP contribution in [0.15, 0.2) is 18.2 Å². The van der Waals surface area contributed by atoms with E-state index in [2.05, 4.69) is 22.6 Å². The maximum atomic E-state index is 11.1. The van der Waals surface area contributed by atoms with Gasteiger partial charge in [-0.1, -0.05) is 0 Å². The number of nitro groups is 1. The number of nitrogens with zero attached hydrogens (tertiary/aromatic N) is 2. The van der Waals surface area contributed by atoms with Gasteiger partial charge in [0.05, 0.1) is 11.0 Å². The van der Waals surface area contributed by atoms with Crippen LogP contribution in [0, 0.1) is 19.6 Å². The molecule has 0 radical (unpaired) electrons. The van der Waals surface area contributed by atoms with Gasteiger partial charge >= 0.3 is 0 Å². The van der Waals surface area contributed by atoms with E-state index in [0.717, 1.165) is 16.5 Å². The molecular weight excluding hydrogens is 347 g/mol. The Bertz CT molecular complexity index is 465.